The van der Waals surface area contributed by atoms with Crippen molar-refractivity contribution in [2.24, 2.45) is 0 Å². The van der Waals surface area contributed by atoms with Crippen molar-refractivity contribution < 1.29 is 9.53 Å². The molecule has 0 bridgehead atoms. The van der Waals surface area contributed by atoms with Crippen LogP contribution in [0.1, 0.15) is 6.42 Å². The summed E-state index contributed by atoms with van der Waals surface area (Å²) in [6.45, 7) is 5.17. The van der Waals surface area contributed by atoms with Crippen LogP contribution in [-0.4, -0.2) is 25.7 Å². The van der Waals surface area contributed by atoms with Crippen LogP contribution in [-0.2, 0) is 0 Å². The minimum atomic E-state index is -0.176. The van der Waals surface area contributed by atoms with Gasteiger partial charge in [0.15, 0.2) is 0 Å². The fourth-order valence-electron chi connectivity index (χ4n) is 1.21. The van der Waals surface area contributed by atoms with Crippen LogP contribution in [0.5, 0.6) is 5.75 Å². The van der Waals surface area contributed by atoms with Gasteiger partial charge in [-0.3, -0.25) is 0 Å². The zero-order chi connectivity index (χ0) is 12.3. The molecule has 2 amide bonds. The van der Waals surface area contributed by atoms with Crippen molar-refractivity contribution in [2.45, 2.75) is 6.42 Å². The van der Waals surface area contributed by atoms with Crippen molar-refractivity contribution in [3.63, 3.8) is 0 Å². The lowest BCUT2D eigenvalue weighted by atomic mass is 10.3. The Balaban J connectivity index is 2.01. The largest absolute Gasteiger partial charge is 0.494 e. The summed E-state index contributed by atoms with van der Waals surface area (Å²) in [4.78, 5) is 11.1. The van der Waals surface area contributed by atoms with Crippen molar-refractivity contribution in [1.82, 2.24) is 10.6 Å². The third-order valence-electron chi connectivity index (χ3n) is 2.03. The SMILES string of the molecule is C=CCNC(=O)NCCCOc1ccccc1. The molecule has 0 saturated heterocycles. The molecule has 2 N–H and O–H groups in total. The van der Waals surface area contributed by atoms with Crippen LogP contribution in [0, 0.1) is 0 Å². The third kappa shape index (κ3) is 6.25. The molecule has 17 heavy (non-hydrogen) atoms. The topological polar surface area (TPSA) is 50.4 Å². The molecule has 0 fully saturated rings. The molecule has 0 aliphatic rings. The van der Waals surface area contributed by atoms with Crippen LogP contribution >= 0.6 is 0 Å². The highest BCUT2D eigenvalue weighted by molar-refractivity contribution is 5.73. The third-order valence-corrected chi connectivity index (χ3v) is 2.03. The molecule has 0 heterocycles. The smallest absolute Gasteiger partial charge is 0.315 e. The Morgan fingerprint density at radius 2 is 2.06 bits per heavy atom. The number of hydrogen-bond acceptors (Lipinski definition) is 2. The molecule has 4 nitrogen and oxygen atoms in total. The van der Waals surface area contributed by atoms with Crippen LogP contribution in [0.25, 0.3) is 0 Å². The van der Waals surface area contributed by atoms with Gasteiger partial charge >= 0.3 is 6.03 Å². The number of para-hydroxylation sites is 1. The van der Waals surface area contributed by atoms with E-state index in [1.807, 2.05) is 30.3 Å². The monoisotopic (exact) mass is 234 g/mol. The van der Waals surface area contributed by atoms with Crippen LogP contribution in [0.2, 0.25) is 0 Å². The maximum Gasteiger partial charge on any atom is 0.315 e. The molecule has 1 aromatic carbocycles. The number of carbonyl (C=O) groups excluding carboxylic acids is 1. The van der Waals surface area contributed by atoms with Gasteiger partial charge in [0.25, 0.3) is 0 Å². The number of carbonyl (C=O) groups is 1. The maximum absolute atomic E-state index is 11.1. The number of rotatable bonds is 7. The number of benzene rings is 1. The van der Waals surface area contributed by atoms with Gasteiger partial charge in [-0.25, -0.2) is 4.79 Å². The summed E-state index contributed by atoms with van der Waals surface area (Å²) in [6.07, 6.45) is 2.41. The first-order chi connectivity index (χ1) is 8.33. The first-order valence-corrected chi connectivity index (χ1v) is 5.63. The fraction of sp³-hybridized carbons (Fsp3) is 0.308. The Kier molecular flexibility index (Phi) is 6.33. The van der Waals surface area contributed by atoms with E-state index in [0.717, 1.165) is 12.2 Å². The van der Waals surface area contributed by atoms with Crippen LogP contribution in [0.15, 0.2) is 43.0 Å². The summed E-state index contributed by atoms with van der Waals surface area (Å²) >= 11 is 0. The van der Waals surface area contributed by atoms with E-state index in [1.54, 1.807) is 6.08 Å². The average Bonchev–Trinajstić information content (AvgIpc) is 2.37. The minimum absolute atomic E-state index is 0.176. The summed E-state index contributed by atoms with van der Waals surface area (Å²) in [5.41, 5.74) is 0. The van der Waals surface area contributed by atoms with Crippen molar-refractivity contribution >= 4 is 6.03 Å². The van der Waals surface area contributed by atoms with E-state index in [1.165, 1.54) is 0 Å². The van der Waals surface area contributed by atoms with E-state index in [0.29, 0.717) is 19.7 Å². The molecule has 0 aromatic heterocycles. The Morgan fingerprint density at radius 1 is 1.29 bits per heavy atom. The molecule has 0 spiro atoms. The number of amides is 2. The number of nitrogens with one attached hydrogen (secondary N) is 2. The Labute approximate surface area is 102 Å². The summed E-state index contributed by atoms with van der Waals surface area (Å²) in [7, 11) is 0. The molecule has 0 aliphatic carbocycles. The molecular formula is C13H18N2O2. The van der Waals surface area contributed by atoms with Crippen molar-refractivity contribution in [3.8, 4) is 5.75 Å². The van der Waals surface area contributed by atoms with Crippen LogP contribution < -0.4 is 15.4 Å². The standard InChI is InChI=1S/C13H18N2O2/c1-2-9-14-13(16)15-10-6-11-17-12-7-4-3-5-8-12/h2-5,7-8H,1,6,9-11H2,(H2,14,15,16). The van der Waals surface area contributed by atoms with E-state index in [9.17, 15) is 4.79 Å². The molecule has 1 rings (SSSR count). The minimum Gasteiger partial charge on any atom is -0.494 e. The lowest BCUT2D eigenvalue weighted by molar-refractivity contribution is 0.240. The maximum atomic E-state index is 11.1. The van der Waals surface area contributed by atoms with E-state index in [-0.39, 0.29) is 6.03 Å². The van der Waals surface area contributed by atoms with Crippen LogP contribution in [0.3, 0.4) is 0 Å². The normalized spacial score (nSPS) is 9.41. The van der Waals surface area contributed by atoms with Gasteiger partial charge in [-0.15, -0.1) is 6.58 Å². The number of urea groups is 1. The second-order valence-corrected chi connectivity index (χ2v) is 3.44. The lowest BCUT2D eigenvalue weighted by Crippen LogP contribution is -2.36. The van der Waals surface area contributed by atoms with E-state index in [4.69, 9.17) is 4.74 Å². The summed E-state index contributed by atoms with van der Waals surface area (Å²) in [5.74, 6) is 0.851. The fourth-order valence-corrected chi connectivity index (χ4v) is 1.21. The summed E-state index contributed by atoms with van der Waals surface area (Å²) in [5, 5.41) is 5.36. The van der Waals surface area contributed by atoms with Gasteiger partial charge in [0.05, 0.1) is 6.61 Å². The Hall–Kier alpha value is -1.97. The van der Waals surface area contributed by atoms with Crippen molar-refractivity contribution in [2.75, 3.05) is 19.7 Å². The summed E-state index contributed by atoms with van der Waals surface area (Å²) < 4.78 is 5.48. The average molecular weight is 234 g/mol. The number of ether oxygens (including phenoxy) is 1. The van der Waals surface area contributed by atoms with Gasteiger partial charge in [-0.2, -0.15) is 0 Å². The zero-order valence-corrected chi connectivity index (χ0v) is 9.82. The highest BCUT2D eigenvalue weighted by Gasteiger charge is 1.96. The van der Waals surface area contributed by atoms with E-state index >= 15 is 0 Å². The first kappa shape index (κ1) is 13.1. The molecule has 0 atom stereocenters. The predicted molar refractivity (Wildman–Crippen MR) is 68.2 cm³/mol. The van der Waals surface area contributed by atoms with Gasteiger partial charge < -0.3 is 15.4 Å². The second kappa shape index (κ2) is 8.21. The van der Waals surface area contributed by atoms with Crippen molar-refractivity contribution in [1.29, 1.82) is 0 Å². The molecule has 92 valence electrons. The first-order valence-electron chi connectivity index (χ1n) is 5.63. The Bertz CT molecular complexity index is 339. The van der Waals surface area contributed by atoms with Gasteiger partial charge in [0.2, 0.25) is 0 Å². The molecule has 4 heteroatoms. The van der Waals surface area contributed by atoms with E-state index in [2.05, 4.69) is 17.2 Å². The highest BCUT2D eigenvalue weighted by Crippen LogP contribution is 2.07. The van der Waals surface area contributed by atoms with Gasteiger partial charge in [-0.05, 0) is 18.6 Å². The Morgan fingerprint density at radius 3 is 2.76 bits per heavy atom. The molecule has 0 unspecified atom stereocenters. The molecule has 0 aliphatic heterocycles. The second-order valence-electron chi connectivity index (χ2n) is 3.44. The lowest BCUT2D eigenvalue weighted by Gasteiger charge is -2.07. The molecule has 1 aromatic rings. The van der Waals surface area contributed by atoms with E-state index < -0.39 is 0 Å². The number of hydrogen-bond donors (Lipinski definition) is 2. The molecular weight excluding hydrogens is 216 g/mol. The quantitative estimate of drug-likeness (QED) is 0.559. The highest BCUT2D eigenvalue weighted by atomic mass is 16.5. The molecule has 0 radical (unpaired) electrons. The van der Waals surface area contributed by atoms with Crippen LogP contribution in [0.4, 0.5) is 4.79 Å². The molecule has 0 saturated carbocycles. The zero-order valence-electron chi connectivity index (χ0n) is 9.82. The van der Waals surface area contributed by atoms with Gasteiger partial charge in [-0.1, -0.05) is 24.3 Å². The van der Waals surface area contributed by atoms with Crippen molar-refractivity contribution in [3.05, 3.63) is 43.0 Å². The summed E-state index contributed by atoms with van der Waals surface area (Å²) in [6, 6.07) is 9.43. The van der Waals surface area contributed by atoms with Gasteiger partial charge in [0, 0.05) is 13.1 Å². The predicted octanol–water partition coefficient (Wildman–Crippen LogP) is 1.94. The van der Waals surface area contributed by atoms with Gasteiger partial charge in [0.1, 0.15) is 5.75 Å².